The zero-order chi connectivity index (χ0) is 12.1. The second kappa shape index (κ2) is 5.94. The molecule has 1 aromatic rings. The average Bonchev–Trinajstić information content (AvgIpc) is 2.59. The standard InChI is InChI=1S/C11H17NO3S/c1-7(11(13)14-4)5-16-6-10-8(2)12-15-9(10)3/h7H,5-6H2,1-4H3. The number of aromatic nitrogens is 1. The molecule has 1 atom stereocenters. The fraction of sp³-hybridized carbons (Fsp3) is 0.636. The van der Waals surface area contributed by atoms with Crippen molar-refractivity contribution in [1.82, 2.24) is 5.16 Å². The number of thioether (sulfide) groups is 1. The Bertz CT molecular complexity index is 343. The quantitative estimate of drug-likeness (QED) is 0.743. The fourth-order valence-electron chi connectivity index (χ4n) is 1.31. The number of carbonyl (C=O) groups excluding carboxylic acids is 1. The predicted molar refractivity (Wildman–Crippen MR) is 63.3 cm³/mol. The Morgan fingerprint density at radius 1 is 1.56 bits per heavy atom. The molecule has 0 saturated heterocycles. The van der Waals surface area contributed by atoms with E-state index in [1.165, 1.54) is 7.11 Å². The molecule has 0 saturated carbocycles. The van der Waals surface area contributed by atoms with Gasteiger partial charge >= 0.3 is 5.97 Å². The third kappa shape index (κ3) is 3.27. The van der Waals surface area contributed by atoms with Crippen LogP contribution in [0.15, 0.2) is 4.52 Å². The molecule has 0 amide bonds. The lowest BCUT2D eigenvalue weighted by Crippen LogP contribution is -2.14. The van der Waals surface area contributed by atoms with Crippen molar-refractivity contribution in [3.8, 4) is 0 Å². The highest BCUT2D eigenvalue weighted by molar-refractivity contribution is 7.98. The van der Waals surface area contributed by atoms with Crippen molar-refractivity contribution in [3.05, 3.63) is 17.0 Å². The predicted octanol–water partition coefficient (Wildman–Crippen LogP) is 2.33. The van der Waals surface area contributed by atoms with Gasteiger partial charge in [0.25, 0.3) is 0 Å². The maximum absolute atomic E-state index is 11.2. The molecule has 90 valence electrons. The summed E-state index contributed by atoms with van der Waals surface area (Å²) in [5.41, 5.74) is 2.05. The summed E-state index contributed by atoms with van der Waals surface area (Å²) in [5, 5.41) is 3.89. The van der Waals surface area contributed by atoms with Crippen LogP contribution in [0.3, 0.4) is 0 Å². The summed E-state index contributed by atoms with van der Waals surface area (Å²) in [5.74, 6) is 2.19. The molecule has 0 aliphatic rings. The van der Waals surface area contributed by atoms with Crippen molar-refractivity contribution in [3.63, 3.8) is 0 Å². The molecular weight excluding hydrogens is 226 g/mol. The number of hydrogen-bond acceptors (Lipinski definition) is 5. The van der Waals surface area contributed by atoms with Crippen LogP contribution in [0.4, 0.5) is 0 Å². The van der Waals surface area contributed by atoms with Gasteiger partial charge in [-0.1, -0.05) is 12.1 Å². The van der Waals surface area contributed by atoms with Crippen molar-refractivity contribution in [2.45, 2.75) is 26.5 Å². The number of aryl methyl sites for hydroxylation is 2. The molecule has 4 nitrogen and oxygen atoms in total. The van der Waals surface area contributed by atoms with E-state index in [0.29, 0.717) is 0 Å². The molecule has 1 aromatic heterocycles. The first-order valence-corrected chi connectivity index (χ1v) is 6.29. The summed E-state index contributed by atoms with van der Waals surface area (Å²) in [6.45, 7) is 5.70. The number of methoxy groups -OCH3 is 1. The molecule has 0 aromatic carbocycles. The first kappa shape index (κ1) is 13.1. The van der Waals surface area contributed by atoms with E-state index in [2.05, 4.69) is 9.89 Å². The second-order valence-electron chi connectivity index (χ2n) is 3.74. The van der Waals surface area contributed by atoms with E-state index < -0.39 is 0 Å². The van der Waals surface area contributed by atoms with Gasteiger partial charge in [-0.15, -0.1) is 0 Å². The van der Waals surface area contributed by atoms with Gasteiger partial charge in [0.2, 0.25) is 0 Å². The van der Waals surface area contributed by atoms with Crippen LogP contribution >= 0.6 is 11.8 Å². The highest BCUT2D eigenvalue weighted by atomic mass is 32.2. The molecule has 0 N–H and O–H groups in total. The number of hydrogen-bond donors (Lipinski definition) is 0. The van der Waals surface area contributed by atoms with Crippen molar-refractivity contribution in [2.75, 3.05) is 12.9 Å². The van der Waals surface area contributed by atoms with E-state index in [4.69, 9.17) is 4.52 Å². The zero-order valence-corrected chi connectivity index (χ0v) is 10.9. The van der Waals surface area contributed by atoms with Gasteiger partial charge in [0.15, 0.2) is 0 Å². The third-order valence-corrected chi connectivity index (χ3v) is 3.63. The largest absolute Gasteiger partial charge is 0.469 e. The van der Waals surface area contributed by atoms with Crippen molar-refractivity contribution >= 4 is 17.7 Å². The van der Waals surface area contributed by atoms with E-state index >= 15 is 0 Å². The van der Waals surface area contributed by atoms with Crippen LogP contribution in [-0.4, -0.2) is 24.0 Å². The molecule has 0 fully saturated rings. The molecule has 0 aliphatic heterocycles. The smallest absolute Gasteiger partial charge is 0.309 e. The Labute approximate surface area is 99.7 Å². The average molecular weight is 243 g/mol. The number of nitrogens with zero attached hydrogens (tertiary/aromatic N) is 1. The molecule has 0 radical (unpaired) electrons. The second-order valence-corrected chi connectivity index (χ2v) is 4.77. The molecule has 5 heteroatoms. The molecule has 16 heavy (non-hydrogen) atoms. The molecule has 1 heterocycles. The van der Waals surface area contributed by atoms with Crippen LogP contribution < -0.4 is 0 Å². The summed E-state index contributed by atoms with van der Waals surface area (Å²) >= 11 is 1.69. The van der Waals surface area contributed by atoms with Crippen molar-refractivity contribution in [2.24, 2.45) is 5.92 Å². The minimum atomic E-state index is -0.161. The van der Waals surface area contributed by atoms with Crippen LogP contribution in [-0.2, 0) is 15.3 Å². The number of ether oxygens (including phenoxy) is 1. The normalized spacial score (nSPS) is 12.5. The summed E-state index contributed by atoms with van der Waals surface area (Å²) in [6.07, 6.45) is 0. The summed E-state index contributed by atoms with van der Waals surface area (Å²) in [4.78, 5) is 11.2. The van der Waals surface area contributed by atoms with Crippen LogP contribution in [0.2, 0.25) is 0 Å². The molecule has 0 aliphatic carbocycles. The monoisotopic (exact) mass is 243 g/mol. The van der Waals surface area contributed by atoms with Gasteiger partial charge in [-0.05, 0) is 13.8 Å². The highest BCUT2D eigenvalue weighted by Gasteiger charge is 2.14. The third-order valence-electron chi connectivity index (χ3n) is 2.40. The Kier molecular flexibility index (Phi) is 4.86. The van der Waals surface area contributed by atoms with Crippen LogP contribution in [0, 0.1) is 19.8 Å². The Balaban J connectivity index is 2.39. The van der Waals surface area contributed by atoms with Crippen LogP contribution in [0.5, 0.6) is 0 Å². The molecule has 1 unspecified atom stereocenters. The summed E-state index contributed by atoms with van der Waals surface area (Å²) in [7, 11) is 1.41. The minimum absolute atomic E-state index is 0.0736. The van der Waals surface area contributed by atoms with Crippen molar-refractivity contribution < 1.29 is 14.1 Å². The highest BCUT2D eigenvalue weighted by Crippen LogP contribution is 2.21. The topological polar surface area (TPSA) is 52.3 Å². The van der Waals surface area contributed by atoms with Gasteiger partial charge in [-0.25, -0.2) is 0 Å². The lowest BCUT2D eigenvalue weighted by molar-refractivity contribution is -0.143. The maximum Gasteiger partial charge on any atom is 0.309 e. The first-order valence-electron chi connectivity index (χ1n) is 5.13. The summed E-state index contributed by atoms with van der Waals surface area (Å²) in [6, 6.07) is 0. The Morgan fingerprint density at radius 3 is 2.75 bits per heavy atom. The first-order chi connectivity index (χ1) is 7.56. The minimum Gasteiger partial charge on any atom is -0.469 e. The van der Waals surface area contributed by atoms with Crippen LogP contribution in [0.1, 0.15) is 23.9 Å². The van der Waals surface area contributed by atoms with Crippen molar-refractivity contribution in [1.29, 1.82) is 0 Å². The van der Waals surface area contributed by atoms with Gasteiger partial charge in [0.05, 0.1) is 18.7 Å². The lowest BCUT2D eigenvalue weighted by Gasteiger charge is -2.08. The van der Waals surface area contributed by atoms with Gasteiger partial charge in [0, 0.05) is 17.1 Å². The number of esters is 1. The fourth-order valence-corrected chi connectivity index (χ4v) is 2.54. The van der Waals surface area contributed by atoms with Gasteiger partial charge in [0.1, 0.15) is 5.76 Å². The van der Waals surface area contributed by atoms with E-state index in [1.807, 2.05) is 20.8 Å². The van der Waals surface area contributed by atoms with E-state index in [0.717, 1.165) is 28.5 Å². The van der Waals surface area contributed by atoms with E-state index in [1.54, 1.807) is 11.8 Å². The SMILES string of the molecule is COC(=O)C(C)CSCc1c(C)noc1C. The molecule has 0 bridgehead atoms. The Hall–Kier alpha value is -0.970. The lowest BCUT2D eigenvalue weighted by atomic mass is 10.2. The van der Waals surface area contributed by atoms with E-state index in [-0.39, 0.29) is 11.9 Å². The number of carbonyl (C=O) groups is 1. The molecule has 1 rings (SSSR count). The van der Waals surface area contributed by atoms with Gasteiger partial charge < -0.3 is 9.26 Å². The summed E-state index contributed by atoms with van der Waals surface area (Å²) < 4.78 is 9.73. The molecule has 0 spiro atoms. The zero-order valence-electron chi connectivity index (χ0n) is 10.1. The van der Waals surface area contributed by atoms with Crippen LogP contribution in [0.25, 0.3) is 0 Å². The van der Waals surface area contributed by atoms with Gasteiger partial charge in [-0.2, -0.15) is 11.8 Å². The Morgan fingerprint density at radius 2 is 2.25 bits per heavy atom. The maximum atomic E-state index is 11.2. The number of rotatable bonds is 5. The van der Waals surface area contributed by atoms with Gasteiger partial charge in [-0.3, -0.25) is 4.79 Å². The van der Waals surface area contributed by atoms with E-state index in [9.17, 15) is 4.79 Å². The molecular formula is C11H17NO3S.